The Kier molecular flexibility index (Phi) is 49.9. The van der Waals surface area contributed by atoms with Gasteiger partial charge in [-0.15, -0.1) is 0 Å². The molecule has 0 nitrogen and oxygen atoms in total. The van der Waals surface area contributed by atoms with E-state index in [2.05, 4.69) is 13.8 Å². The molecule has 0 aromatic carbocycles. The van der Waals surface area contributed by atoms with Crippen LogP contribution < -0.4 is 0 Å². The summed E-state index contributed by atoms with van der Waals surface area (Å²) in [5, 5.41) is 0. The second-order valence-electron chi connectivity index (χ2n) is 0.141. The summed E-state index contributed by atoms with van der Waals surface area (Å²) in [4.78, 5) is 0. The van der Waals surface area contributed by atoms with Crippen LogP contribution in [-0.2, 0) is 34.2 Å². The van der Waals surface area contributed by atoms with E-state index in [-0.39, 0.29) is 37.1 Å². The van der Waals surface area contributed by atoms with Crippen molar-refractivity contribution in [2.45, 2.75) is 0 Å². The molecule has 0 radical (unpaired) electrons. The molecule has 0 bridgehead atoms. The van der Waals surface area contributed by atoms with Gasteiger partial charge in [0.1, 0.15) is 0 Å². The molecular formula is H4GeP2Zn2. The summed E-state index contributed by atoms with van der Waals surface area (Å²) in [7, 11) is 0. The molecular weight excluding hydrogens is 265 g/mol. The van der Waals surface area contributed by atoms with Gasteiger partial charge in [-0.05, 0) is 0 Å². The maximum Gasteiger partial charge on any atom is 0 e. The van der Waals surface area contributed by atoms with Crippen LogP contribution in [0.2, 0.25) is 0 Å². The molecule has 0 saturated carbocycles. The average Bonchev–Trinajstić information content (AvgIpc) is 0.918. The largest absolute Gasteiger partial charge is 0 e. The van der Waals surface area contributed by atoms with Gasteiger partial charge in [-0.3, -0.25) is 0 Å². The van der Waals surface area contributed by atoms with Gasteiger partial charge in [-0.2, -0.15) is 0 Å². The smallest absolute Gasteiger partial charge is 0 e. The van der Waals surface area contributed by atoms with Gasteiger partial charge >= 0.3 is 46.1 Å². The van der Waals surface area contributed by atoms with Crippen molar-refractivity contribution in [2.24, 2.45) is 0 Å². The first-order valence-electron chi connectivity index (χ1n) is 0.632. The van der Waals surface area contributed by atoms with E-state index in [0.29, 0.717) is 0 Å². The van der Waals surface area contributed by atoms with Crippen LogP contribution in [0.4, 0.5) is 0 Å². The van der Waals surface area contributed by atoms with Crippen LogP contribution in [0, 0.1) is 0 Å². The zero-order valence-electron chi connectivity index (χ0n) is 2.31. The van der Waals surface area contributed by atoms with E-state index in [1.807, 2.05) is 0 Å². The van der Waals surface area contributed by atoms with Crippen molar-refractivity contribution in [3.8, 4) is 0 Å². The number of hydrogen-bond acceptors (Lipinski definition) is 0. The summed E-state index contributed by atoms with van der Waals surface area (Å²) >= 11 is -0.486. The van der Waals surface area contributed by atoms with Crippen molar-refractivity contribution in [3.63, 3.8) is 0 Å². The minimum atomic E-state index is -0.486. The molecule has 0 aliphatic rings. The zero-order valence-corrected chi connectivity index (χ0v) is 10.0. The van der Waals surface area contributed by atoms with Crippen molar-refractivity contribution in [2.75, 3.05) is 0 Å². The van der Waals surface area contributed by atoms with Gasteiger partial charge in [0.2, 0.25) is 0 Å². The Morgan fingerprint density at radius 1 is 1.20 bits per heavy atom. The van der Waals surface area contributed by atoms with Crippen LogP contribution in [0.3, 0.4) is 0 Å². The SMILES string of the molecule is [GeH4].[P]#[Zn]#[P].[Zn]. The minimum Gasteiger partial charge on any atom is 0 e. The third-order valence-electron chi connectivity index (χ3n) is 0. The molecule has 0 aliphatic heterocycles. The van der Waals surface area contributed by atoms with Crippen molar-refractivity contribution >= 4 is 31.4 Å². The zero-order chi connectivity index (χ0) is 2.71. The summed E-state index contributed by atoms with van der Waals surface area (Å²) in [5.41, 5.74) is 0. The Balaban J connectivity index is -0.0000000200. The van der Waals surface area contributed by atoms with Crippen LogP contribution in [0.25, 0.3) is 0 Å². The molecule has 0 aliphatic carbocycles. The van der Waals surface area contributed by atoms with Crippen LogP contribution in [0.1, 0.15) is 0 Å². The first kappa shape index (κ1) is 15.6. The Bertz CT molecular complexity index is 80.8. The Morgan fingerprint density at radius 3 is 1.20 bits per heavy atom. The molecule has 0 aromatic rings. The molecule has 0 rings (SSSR count). The summed E-state index contributed by atoms with van der Waals surface area (Å²) < 4.78 is 0. The van der Waals surface area contributed by atoms with E-state index < -0.39 is 14.7 Å². The van der Waals surface area contributed by atoms with E-state index in [1.54, 1.807) is 0 Å². The Labute approximate surface area is 65.0 Å². The monoisotopic (exact) mass is 268 g/mol. The average molecular weight is 269 g/mol. The fourth-order valence-electron chi connectivity index (χ4n) is 0. The van der Waals surface area contributed by atoms with E-state index in [9.17, 15) is 0 Å². The second kappa shape index (κ2) is 15.9. The van der Waals surface area contributed by atoms with E-state index >= 15 is 0 Å². The molecule has 0 atom stereocenters. The van der Waals surface area contributed by atoms with E-state index in [0.717, 1.165) is 0 Å². The van der Waals surface area contributed by atoms with Crippen molar-refractivity contribution < 1.29 is 34.2 Å². The normalized spacial score (nSPS) is 3.60. The van der Waals surface area contributed by atoms with Gasteiger partial charge in [0.15, 0.2) is 0 Å². The van der Waals surface area contributed by atoms with Crippen LogP contribution in [0.5, 0.6) is 0 Å². The molecule has 0 unspecified atom stereocenters. The molecule has 5 heteroatoms. The van der Waals surface area contributed by atoms with Crippen molar-refractivity contribution in [1.82, 2.24) is 0 Å². The Morgan fingerprint density at radius 2 is 1.20 bits per heavy atom. The van der Waals surface area contributed by atoms with Crippen molar-refractivity contribution in [3.05, 3.63) is 0 Å². The first-order chi connectivity index (χ1) is 1.41. The molecule has 0 heterocycles. The van der Waals surface area contributed by atoms with Gasteiger partial charge in [0.25, 0.3) is 0 Å². The van der Waals surface area contributed by atoms with Crippen molar-refractivity contribution in [1.29, 1.82) is 0 Å². The summed E-state index contributed by atoms with van der Waals surface area (Å²) in [6, 6.07) is 0. The van der Waals surface area contributed by atoms with Crippen LogP contribution in [-0.4, -0.2) is 17.6 Å². The summed E-state index contributed by atoms with van der Waals surface area (Å²) in [6.07, 6.45) is 0. The quantitative estimate of drug-likeness (QED) is 0.437. The van der Waals surface area contributed by atoms with E-state index in [4.69, 9.17) is 0 Å². The van der Waals surface area contributed by atoms with Crippen LogP contribution >= 0.6 is 13.8 Å². The molecule has 0 saturated heterocycles. The minimum absolute atomic E-state index is 0. The molecule has 0 fully saturated rings. The molecule has 0 spiro atoms. The van der Waals surface area contributed by atoms with Gasteiger partial charge in [-0.1, -0.05) is 0 Å². The van der Waals surface area contributed by atoms with Gasteiger partial charge < -0.3 is 0 Å². The van der Waals surface area contributed by atoms with Crippen LogP contribution in [0.15, 0.2) is 0 Å². The topological polar surface area (TPSA) is 0 Å². The molecule has 5 heavy (non-hydrogen) atoms. The standard InChI is InChI=1S/GeH4.2P.2Zn/h1H4;;;;. The van der Waals surface area contributed by atoms with E-state index in [1.165, 1.54) is 0 Å². The van der Waals surface area contributed by atoms with Gasteiger partial charge in [-0.25, -0.2) is 0 Å². The van der Waals surface area contributed by atoms with Gasteiger partial charge in [0.05, 0.1) is 0 Å². The molecule has 0 amide bonds. The third kappa shape index (κ3) is 20.5. The summed E-state index contributed by atoms with van der Waals surface area (Å²) in [6.45, 7) is 7.68. The number of rotatable bonds is 0. The Hall–Kier alpha value is 2.65. The molecule has 0 aromatic heterocycles. The number of hydrogen-bond donors (Lipinski definition) is 0. The maximum absolute atomic E-state index is 3.84. The summed E-state index contributed by atoms with van der Waals surface area (Å²) in [5.74, 6) is 0. The second-order valence-corrected chi connectivity index (χ2v) is 6.61. The molecule has 0 N–H and O–H groups in total. The third-order valence-corrected chi connectivity index (χ3v) is 0. The predicted octanol–water partition coefficient (Wildman–Crippen LogP) is 0.266. The van der Waals surface area contributed by atoms with Gasteiger partial charge in [0, 0.05) is 19.5 Å². The maximum atomic E-state index is 3.84. The predicted molar refractivity (Wildman–Crippen MR) is 25.2 cm³/mol. The fourth-order valence-corrected chi connectivity index (χ4v) is 0. The molecule has 22 valence electrons. The fraction of sp³-hybridized carbons (Fsp3) is 0. The first-order valence-corrected chi connectivity index (χ1v) is 9.86.